The molecule has 3 nitrogen and oxygen atoms in total. The second-order valence-corrected chi connectivity index (χ2v) is 4.81. The fraction of sp³-hybridized carbons (Fsp3) is 0.250. The minimum Gasteiger partial charge on any atom is -0.494 e. The van der Waals surface area contributed by atoms with Crippen LogP contribution in [0, 0.1) is 12.7 Å². The Morgan fingerprint density at radius 1 is 1.25 bits per heavy atom. The van der Waals surface area contributed by atoms with Crippen LogP contribution in [-0.2, 0) is 6.42 Å². The van der Waals surface area contributed by atoms with Gasteiger partial charge in [-0.25, -0.2) is 4.39 Å². The molecule has 0 saturated carbocycles. The zero-order valence-electron chi connectivity index (χ0n) is 11.7. The molecule has 0 aliphatic carbocycles. The second-order valence-electron chi connectivity index (χ2n) is 4.81. The summed E-state index contributed by atoms with van der Waals surface area (Å²) in [5, 5.41) is 0. The molecule has 0 heterocycles. The van der Waals surface area contributed by atoms with E-state index in [1.165, 1.54) is 18.7 Å². The average molecular weight is 274 g/mol. The van der Waals surface area contributed by atoms with Gasteiger partial charge in [-0.15, -0.1) is 0 Å². The van der Waals surface area contributed by atoms with Gasteiger partial charge in [-0.1, -0.05) is 35.9 Å². The van der Waals surface area contributed by atoms with Gasteiger partial charge in [0.15, 0.2) is 11.6 Å². The topological polar surface area (TPSA) is 47.3 Å². The van der Waals surface area contributed by atoms with Crippen LogP contribution in [0.4, 0.5) is 4.39 Å². The first kappa shape index (κ1) is 14.5. The molecule has 20 heavy (non-hydrogen) atoms. The third-order valence-corrected chi connectivity index (χ3v) is 3.30. The maximum Gasteiger partial charge on any atom is 0.165 e. The molecular formula is C16H19FN2O. The number of methoxy groups -OCH3 is 1. The molecule has 0 amide bonds. The normalized spacial score (nSPS) is 12.2. The number of hydrazine groups is 1. The highest BCUT2D eigenvalue weighted by Crippen LogP contribution is 2.23. The van der Waals surface area contributed by atoms with Crippen LogP contribution in [0.1, 0.15) is 22.7 Å². The molecule has 0 radical (unpaired) electrons. The smallest absolute Gasteiger partial charge is 0.165 e. The maximum atomic E-state index is 13.7. The number of hydrogen-bond acceptors (Lipinski definition) is 3. The number of nitrogens with one attached hydrogen (secondary N) is 1. The molecule has 0 saturated heterocycles. The van der Waals surface area contributed by atoms with Crippen LogP contribution >= 0.6 is 0 Å². The Hall–Kier alpha value is -1.91. The van der Waals surface area contributed by atoms with Crippen molar-refractivity contribution in [3.05, 3.63) is 65.0 Å². The Labute approximate surface area is 118 Å². The molecule has 0 aromatic heterocycles. The van der Waals surface area contributed by atoms with Gasteiger partial charge in [-0.2, -0.15) is 0 Å². The Kier molecular flexibility index (Phi) is 4.71. The molecule has 0 aliphatic rings. The predicted octanol–water partition coefficient (Wildman–Crippen LogP) is 2.89. The molecule has 0 bridgehead atoms. The van der Waals surface area contributed by atoms with E-state index in [2.05, 4.69) is 11.5 Å². The Morgan fingerprint density at radius 2 is 2.05 bits per heavy atom. The van der Waals surface area contributed by atoms with Crippen LogP contribution in [0.5, 0.6) is 5.75 Å². The van der Waals surface area contributed by atoms with Crippen LogP contribution in [0.15, 0.2) is 42.5 Å². The zero-order valence-corrected chi connectivity index (χ0v) is 11.7. The molecule has 3 N–H and O–H groups in total. The summed E-state index contributed by atoms with van der Waals surface area (Å²) >= 11 is 0. The molecule has 4 heteroatoms. The van der Waals surface area contributed by atoms with E-state index in [1.54, 1.807) is 6.07 Å². The van der Waals surface area contributed by atoms with Crippen molar-refractivity contribution in [2.45, 2.75) is 19.4 Å². The van der Waals surface area contributed by atoms with Crippen LogP contribution in [0.2, 0.25) is 0 Å². The van der Waals surface area contributed by atoms with Gasteiger partial charge in [0, 0.05) is 6.04 Å². The van der Waals surface area contributed by atoms with Crippen molar-refractivity contribution >= 4 is 0 Å². The summed E-state index contributed by atoms with van der Waals surface area (Å²) in [6, 6.07) is 13.0. The number of ether oxygens (including phenoxy) is 1. The van der Waals surface area contributed by atoms with E-state index in [9.17, 15) is 4.39 Å². The Bertz CT molecular complexity index is 586. The standard InChI is InChI=1S/C16H19FN2O/c1-11-4-3-5-13(8-11)15(19-18)10-12-6-7-16(20-2)14(17)9-12/h3-9,15,19H,10,18H2,1-2H3. The fourth-order valence-electron chi connectivity index (χ4n) is 2.23. The summed E-state index contributed by atoms with van der Waals surface area (Å²) in [5.41, 5.74) is 5.91. The van der Waals surface area contributed by atoms with Crippen molar-refractivity contribution in [1.82, 2.24) is 5.43 Å². The quantitative estimate of drug-likeness (QED) is 0.651. The van der Waals surface area contributed by atoms with Gasteiger partial charge in [0.2, 0.25) is 0 Å². The van der Waals surface area contributed by atoms with E-state index >= 15 is 0 Å². The molecule has 1 atom stereocenters. The summed E-state index contributed by atoms with van der Waals surface area (Å²) in [6.07, 6.45) is 0.612. The van der Waals surface area contributed by atoms with E-state index in [4.69, 9.17) is 10.6 Å². The van der Waals surface area contributed by atoms with Gasteiger partial charge in [0.05, 0.1) is 7.11 Å². The highest BCUT2D eigenvalue weighted by Gasteiger charge is 2.12. The van der Waals surface area contributed by atoms with Crippen molar-refractivity contribution in [3.63, 3.8) is 0 Å². The lowest BCUT2D eigenvalue weighted by Gasteiger charge is -2.17. The third-order valence-electron chi connectivity index (χ3n) is 3.30. The Morgan fingerprint density at radius 3 is 2.65 bits per heavy atom. The van der Waals surface area contributed by atoms with Crippen molar-refractivity contribution in [1.29, 1.82) is 0 Å². The van der Waals surface area contributed by atoms with Crippen molar-refractivity contribution in [2.24, 2.45) is 5.84 Å². The zero-order chi connectivity index (χ0) is 14.5. The summed E-state index contributed by atoms with van der Waals surface area (Å²) in [7, 11) is 1.45. The molecule has 0 aliphatic heterocycles. The van der Waals surface area contributed by atoms with Gasteiger partial charge < -0.3 is 4.74 Å². The summed E-state index contributed by atoms with van der Waals surface area (Å²) in [6.45, 7) is 2.03. The van der Waals surface area contributed by atoms with Crippen LogP contribution in [-0.4, -0.2) is 7.11 Å². The number of nitrogens with two attached hydrogens (primary N) is 1. The highest BCUT2D eigenvalue weighted by atomic mass is 19.1. The molecule has 106 valence electrons. The summed E-state index contributed by atoms with van der Waals surface area (Å²) in [4.78, 5) is 0. The second kappa shape index (κ2) is 6.50. The molecule has 2 rings (SSSR count). The number of hydrogen-bond donors (Lipinski definition) is 2. The molecule has 0 spiro atoms. The molecule has 0 fully saturated rings. The number of benzene rings is 2. The van der Waals surface area contributed by atoms with E-state index in [0.717, 1.165) is 11.1 Å². The predicted molar refractivity (Wildman–Crippen MR) is 77.9 cm³/mol. The Balaban J connectivity index is 2.20. The average Bonchev–Trinajstić information content (AvgIpc) is 2.45. The lowest BCUT2D eigenvalue weighted by molar-refractivity contribution is 0.386. The first-order valence-corrected chi connectivity index (χ1v) is 6.49. The van der Waals surface area contributed by atoms with Crippen molar-refractivity contribution < 1.29 is 9.13 Å². The first-order chi connectivity index (χ1) is 9.63. The highest BCUT2D eigenvalue weighted by molar-refractivity contribution is 5.32. The van der Waals surface area contributed by atoms with Crippen LogP contribution < -0.4 is 16.0 Å². The van der Waals surface area contributed by atoms with Crippen molar-refractivity contribution in [3.8, 4) is 5.75 Å². The molecular weight excluding hydrogens is 255 g/mol. The van der Waals surface area contributed by atoms with E-state index in [0.29, 0.717) is 6.42 Å². The minimum absolute atomic E-state index is 0.0531. The van der Waals surface area contributed by atoms with Gasteiger partial charge >= 0.3 is 0 Å². The largest absolute Gasteiger partial charge is 0.494 e. The van der Waals surface area contributed by atoms with Gasteiger partial charge in [0.25, 0.3) is 0 Å². The van der Waals surface area contributed by atoms with E-state index in [-0.39, 0.29) is 17.6 Å². The fourth-order valence-corrected chi connectivity index (χ4v) is 2.23. The molecule has 2 aromatic carbocycles. The molecule has 2 aromatic rings. The monoisotopic (exact) mass is 274 g/mol. The van der Waals surface area contributed by atoms with Gasteiger partial charge in [0.1, 0.15) is 0 Å². The summed E-state index contributed by atoms with van der Waals surface area (Å²) in [5.74, 6) is 5.52. The third kappa shape index (κ3) is 3.35. The SMILES string of the molecule is COc1ccc(CC(NN)c2cccc(C)c2)cc1F. The number of aryl methyl sites for hydroxylation is 1. The lowest BCUT2D eigenvalue weighted by atomic mass is 9.98. The number of rotatable bonds is 5. The van der Waals surface area contributed by atoms with Crippen LogP contribution in [0.25, 0.3) is 0 Å². The summed E-state index contributed by atoms with van der Waals surface area (Å²) < 4.78 is 18.6. The number of halogens is 1. The lowest BCUT2D eigenvalue weighted by Crippen LogP contribution is -2.29. The van der Waals surface area contributed by atoms with Crippen molar-refractivity contribution in [2.75, 3.05) is 7.11 Å². The maximum absolute atomic E-state index is 13.7. The van der Waals surface area contributed by atoms with E-state index < -0.39 is 0 Å². The van der Waals surface area contributed by atoms with Crippen LogP contribution in [0.3, 0.4) is 0 Å². The van der Waals surface area contributed by atoms with Gasteiger partial charge in [-0.05, 0) is 36.6 Å². The molecule has 1 unspecified atom stereocenters. The first-order valence-electron chi connectivity index (χ1n) is 6.49. The van der Waals surface area contributed by atoms with E-state index in [1.807, 2.05) is 31.2 Å². The minimum atomic E-state index is -0.356. The van der Waals surface area contributed by atoms with Gasteiger partial charge in [-0.3, -0.25) is 11.3 Å².